The predicted molar refractivity (Wildman–Crippen MR) is 62.9 cm³/mol. The molecule has 92 valence electrons. The van der Waals surface area contributed by atoms with Gasteiger partial charge in [-0.05, 0) is 24.8 Å². The first kappa shape index (κ1) is 11.8. The highest BCUT2D eigenvalue weighted by atomic mass is 16.6. The second-order valence-electron chi connectivity index (χ2n) is 4.10. The van der Waals surface area contributed by atoms with Crippen LogP contribution in [0.2, 0.25) is 0 Å². The zero-order valence-corrected chi connectivity index (χ0v) is 9.46. The van der Waals surface area contributed by atoms with Crippen molar-refractivity contribution in [1.82, 2.24) is 4.98 Å². The van der Waals surface area contributed by atoms with Crippen LogP contribution < -0.4 is 5.32 Å². The fourth-order valence-electron chi connectivity index (χ4n) is 1.90. The van der Waals surface area contributed by atoms with Gasteiger partial charge in [0.15, 0.2) is 0 Å². The van der Waals surface area contributed by atoms with Crippen LogP contribution in [0, 0.1) is 16.0 Å². The standard InChI is InChI=1S/C11H15N3O3/c15-14(16)11-7-12-4-2-10(11)13-5-1-9-3-6-17-8-9/h2,4,7,9H,1,3,5-6,8H2,(H,12,13). The lowest BCUT2D eigenvalue weighted by atomic mass is 10.1. The van der Waals surface area contributed by atoms with Crippen molar-refractivity contribution in [2.24, 2.45) is 5.92 Å². The third-order valence-corrected chi connectivity index (χ3v) is 2.89. The van der Waals surface area contributed by atoms with Crippen LogP contribution in [0.25, 0.3) is 0 Å². The number of pyridine rings is 1. The van der Waals surface area contributed by atoms with Crippen molar-refractivity contribution in [2.45, 2.75) is 12.8 Å². The topological polar surface area (TPSA) is 77.3 Å². The second-order valence-corrected chi connectivity index (χ2v) is 4.10. The molecular formula is C11H15N3O3. The summed E-state index contributed by atoms with van der Waals surface area (Å²) in [7, 11) is 0. The minimum Gasteiger partial charge on any atom is -0.381 e. The van der Waals surface area contributed by atoms with Crippen LogP contribution >= 0.6 is 0 Å². The van der Waals surface area contributed by atoms with Crippen LogP contribution in [0.15, 0.2) is 18.5 Å². The van der Waals surface area contributed by atoms with Crippen LogP contribution in [-0.4, -0.2) is 29.7 Å². The Bertz CT molecular complexity index is 391. The molecule has 17 heavy (non-hydrogen) atoms. The minimum absolute atomic E-state index is 0.0233. The molecule has 1 unspecified atom stereocenters. The van der Waals surface area contributed by atoms with E-state index in [1.165, 1.54) is 6.20 Å². The molecule has 0 amide bonds. The number of nitro groups is 1. The lowest BCUT2D eigenvalue weighted by Gasteiger charge is -2.09. The lowest BCUT2D eigenvalue weighted by molar-refractivity contribution is -0.384. The van der Waals surface area contributed by atoms with Crippen LogP contribution in [0.1, 0.15) is 12.8 Å². The SMILES string of the molecule is O=[N+]([O-])c1cnccc1NCCC1CCOC1. The summed E-state index contributed by atoms with van der Waals surface area (Å²) in [5, 5.41) is 13.8. The summed E-state index contributed by atoms with van der Waals surface area (Å²) >= 11 is 0. The molecule has 0 saturated carbocycles. The summed E-state index contributed by atoms with van der Waals surface area (Å²) in [6.45, 7) is 2.36. The minimum atomic E-state index is -0.423. The third kappa shape index (κ3) is 3.13. The van der Waals surface area contributed by atoms with Gasteiger partial charge in [0.1, 0.15) is 11.9 Å². The first-order valence-corrected chi connectivity index (χ1v) is 5.67. The molecule has 0 aromatic carbocycles. The van der Waals surface area contributed by atoms with Gasteiger partial charge in [0.25, 0.3) is 0 Å². The Morgan fingerprint density at radius 1 is 1.65 bits per heavy atom. The largest absolute Gasteiger partial charge is 0.381 e. The van der Waals surface area contributed by atoms with Gasteiger partial charge in [-0.3, -0.25) is 15.1 Å². The molecule has 6 nitrogen and oxygen atoms in total. The monoisotopic (exact) mass is 237 g/mol. The van der Waals surface area contributed by atoms with Gasteiger partial charge in [-0.25, -0.2) is 0 Å². The molecule has 0 radical (unpaired) electrons. The maximum Gasteiger partial charge on any atom is 0.310 e. The number of hydrogen-bond donors (Lipinski definition) is 1. The molecule has 0 bridgehead atoms. The van der Waals surface area contributed by atoms with E-state index in [-0.39, 0.29) is 5.69 Å². The molecule has 0 aliphatic carbocycles. The molecule has 1 N–H and O–H groups in total. The first-order valence-electron chi connectivity index (χ1n) is 5.67. The van der Waals surface area contributed by atoms with Crippen molar-refractivity contribution in [2.75, 3.05) is 25.1 Å². The molecule has 1 aromatic rings. The number of nitrogens with zero attached hydrogens (tertiary/aromatic N) is 2. The maximum absolute atomic E-state index is 10.7. The van der Waals surface area contributed by atoms with Gasteiger partial charge in [0.05, 0.1) is 4.92 Å². The van der Waals surface area contributed by atoms with Gasteiger partial charge in [0.2, 0.25) is 0 Å². The predicted octanol–water partition coefficient (Wildman–Crippen LogP) is 1.83. The van der Waals surface area contributed by atoms with E-state index in [2.05, 4.69) is 10.3 Å². The zero-order chi connectivity index (χ0) is 12.1. The van der Waals surface area contributed by atoms with E-state index in [4.69, 9.17) is 4.74 Å². The van der Waals surface area contributed by atoms with Crippen LogP contribution in [0.4, 0.5) is 11.4 Å². The molecule has 0 spiro atoms. The molecule has 1 aliphatic rings. The average Bonchev–Trinajstić information content (AvgIpc) is 2.82. The fraction of sp³-hybridized carbons (Fsp3) is 0.545. The Morgan fingerprint density at radius 3 is 3.24 bits per heavy atom. The van der Waals surface area contributed by atoms with Crippen molar-refractivity contribution in [3.63, 3.8) is 0 Å². The molecule has 1 atom stereocenters. The highest BCUT2D eigenvalue weighted by molar-refractivity contribution is 5.59. The third-order valence-electron chi connectivity index (χ3n) is 2.89. The van der Waals surface area contributed by atoms with E-state index in [0.29, 0.717) is 11.6 Å². The molecule has 2 heterocycles. The van der Waals surface area contributed by atoms with E-state index >= 15 is 0 Å². The van der Waals surface area contributed by atoms with Crippen LogP contribution in [0.3, 0.4) is 0 Å². The van der Waals surface area contributed by atoms with Gasteiger partial charge in [0, 0.05) is 26.0 Å². The summed E-state index contributed by atoms with van der Waals surface area (Å²) < 4.78 is 5.28. The molecule has 1 aliphatic heterocycles. The van der Waals surface area contributed by atoms with Crippen molar-refractivity contribution in [1.29, 1.82) is 0 Å². The Labute approximate surface area is 99.2 Å². The Balaban J connectivity index is 1.87. The summed E-state index contributed by atoms with van der Waals surface area (Å²) in [6, 6.07) is 1.63. The maximum atomic E-state index is 10.7. The average molecular weight is 237 g/mol. The first-order chi connectivity index (χ1) is 8.27. The van der Waals surface area contributed by atoms with Gasteiger partial charge in [-0.1, -0.05) is 0 Å². The summed E-state index contributed by atoms with van der Waals surface area (Å²) in [6.07, 6.45) is 4.87. The number of rotatable bonds is 5. The van der Waals surface area contributed by atoms with Crippen molar-refractivity contribution < 1.29 is 9.66 Å². The molecular weight excluding hydrogens is 222 g/mol. The number of anilines is 1. The summed E-state index contributed by atoms with van der Waals surface area (Å²) in [5.74, 6) is 0.573. The Morgan fingerprint density at radius 2 is 2.53 bits per heavy atom. The molecule has 1 aromatic heterocycles. The molecule has 6 heteroatoms. The molecule has 1 saturated heterocycles. The lowest BCUT2D eigenvalue weighted by Crippen LogP contribution is -2.10. The van der Waals surface area contributed by atoms with E-state index in [1.54, 1.807) is 12.3 Å². The molecule has 2 rings (SSSR count). The normalized spacial score (nSPS) is 19.2. The van der Waals surface area contributed by atoms with Gasteiger partial charge in [-0.15, -0.1) is 0 Å². The summed E-state index contributed by atoms with van der Waals surface area (Å²) in [4.78, 5) is 14.1. The smallest absolute Gasteiger partial charge is 0.310 e. The zero-order valence-electron chi connectivity index (χ0n) is 9.46. The fourth-order valence-corrected chi connectivity index (χ4v) is 1.90. The highest BCUT2D eigenvalue weighted by Gasteiger charge is 2.16. The number of nitrogens with one attached hydrogen (secondary N) is 1. The number of aromatic nitrogens is 1. The Kier molecular flexibility index (Phi) is 3.87. The van der Waals surface area contributed by atoms with Gasteiger partial charge in [-0.2, -0.15) is 0 Å². The van der Waals surface area contributed by atoms with Gasteiger partial charge < -0.3 is 10.1 Å². The van der Waals surface area contributed by atoms with Crippen molar-refractivity contribution in [3.8, 4) is 0 Å². The van der Waals surface area contributed by atoms with Crippen molar-refractivity contribution in [3.05, 3.63) is 28.6 Å². The second kappa shape index (κ2) is 5.58. The van der Waals surface area contributed by atoms with E-state index in [0.717, 1.165) is 32.6 Å². The number of hydrogen-bond acceptors (Lipinski definition) is 5. The van der Waals surface area contributed by atoms with E-state index < -0.39 is 4.92 Å². The van der Waals surface area contributed by atoms with Crippen LogP contribution in [0.5, 0.6) is 0 Å². The quantitative estimate of drug-likeness (QED) is 0.624. The number of ether oxygens (including phenoxy) is 1. The Hall–Kier alpha value is -1.69. The van der Waals surface area contributed by atoms with Crippen LogP contribution in [-0.2, 0) is 4.74 Å². The van der Waals surface area contributed by atoms with E-state index in [9.17, 15) is 10.1 Å². The van der Waals surface area contributed by atoms with Crippen molar-refractivity contribution >= 4 is 11.4 Å². The summed E-state index contributed by atoms with van der Waals surface area (Å²) in [5.41, 5.74) is 0.555. The van der Waals surface area contributed by atoms with Gasteiger partial charge >= 0.3 is 5.69 Å². The highest BCUT2D eigenvalue weighted by Crippen LogP contribution is 2.22. The molecule has 1 fully saturated rings. The van der Waals surface area contributed by atoms with E-state index in [1.807, 2.05) is 0 Å².